The zero-order chi connectivity index (χ0) is 19.9. The molecule has 2 aromatic carbocycles. The fraction of sp³-hybridized carbons (Fsp3) is 0.300. The van der Waals surface area contributed by atoms with Gasteiger partial charge in [0.1, 0.15) is 5.75 Å². The summed E-state index contributed by atoms with van der Waals surface area (Å²) in [7, 11) is -1.58. The summed E-state index contributed by atoms with van der Waals surface area (Å²) in [6.07, 6.45) is 0. The lowest BCUT2D eigenvalue weighted by atomic mass is 10.1. The number of hydrogen-bond donors (Lipinski definition) is 0. The molecule has 0 aromatic heterocycles. The first-order chi connectivity index (χ1) is 13.4. The molecule has 0 radical (unpaired) electrons. The summed E-state index contributed by atoms with van der Waals surface area (Å²) in [6.45, 7) is 1.99. The molecular weight excluding hydrogens is 396 g/mol. The standard InChI is InChI=1S/C20H20N2O4S2/c1-13-7-9-14(10-8-13)22-16-11-28(24,25)12-18(16)27-20(22)21-19(23)15-5-3-4-6-17(15)26-2/h3-10,16,18H,11-12H2,1-2H3/t16-,18-/m0/s1. The average Bonchev–Trinajstić information content (AvgIpc) is 3.13. The van der Waals surface area contributed by atoms with Gasteiger partial charge in [-0.3, -0.25) is 4.79 Å². The minimum Gasteiger partial charge on any atom is -0.496 e. The number of anilines is 1. The van der Waals surface area contributed by atoms with E-state index in [9.17, 15) is 13.2 Å². The lowest BCUT2D eigenvalue weighted by Gasteiger charge is -2.24. The highest BCUT2D eigenvalue weighted by molar-refractivity contribution is 8.16. The van der Waals surface area contributed by atoms with Crippen LogP contribution >= 0.6 is 11.8 Å². The number of fused-ring (bicyclic) bond motifs is 1. The highest BCUT2D eigenvalue weighted by Crippen LogP contribution is 2.41. The largest absolute Gasteiger partial charge is 0.496 e. The number of sulfone groups is 1. The van der Waals surface area contributed by atoms with Gasteiger partial charge in [0.15, 0.2) is 15.0 Å². The van der Waals surface area contributed by atoms with Crippen LogP contribution in [0.3, 0.4) is 0 Å². The number of amides is 1. The van der Waals surface area contributed by atoms with E-state index in [-0.39, 0.29) is 22.8 Å². The number of para-hydroxylation sites is 1. The number of benzene rings is 2. The van der Waals surface area contributed by atoms with Crippen LogP contribution in [0.1, 0.15) is 15.9 Å². The fourth-order valence-electron chi connectivity index (χ4n) is 3.54. The molecule has 0 bridgehead atoms. The maximum Gasteiger partial charge on any atom is 0.283 e. The summed E-state index contributed by atoms with van der Waals surface area (Å²) in [4.78, 5) is 19.1. The van der Waals surface area contributed by atoms with Crippen molar-refractivity contribution in [3.8, 4) is 5.75 Å². The molecule has 2 aliphatic heterocycles. The first-order valence-electron chi connectivity index (χ1n) is 8.87. The number of hydrogen-bond acceptors (Lipinski definition) is 5. The van der Waals surface area contributed by atoms with Gasteiger partial charge in [-0.05, 0) is 31.2 Å². The van der Waals surface area contributed by atoms with E-state index in [4.69, 9.17) is 4.74 Å². The van der Waals surface area contributed by atoms with Gasteiger partial charge >= 0.3 is 0 Å². The third kappa shape index (κ3) is 3.54. The summed E-state index contributed by atoms with van der Waals surface area (Å²) in [5.41, 5.74) is 2.33. The number of methoxy groups -OCH3 is 1. The van der Waals surface area contributed by atoms with Crippen molar-refractivity contribution in [2.24, 2.45) is 4.99 Å². The second kappa shape index (κ2) is 7.25. The van der Waals surface area contributed by atoms with Gasteiger partial charge in [0.2, 0.25) is 0 Å². The van der Waals surface area contributed by atoms with Gasteiger partial charge in [-0.2, -0.15) is 4.99 Å². The lowest BCUT2D eigenvalue weighted by molar-refractivity contribution is 0.1000. The van der Waals surface area contributed by atoms with Gasteiger partial charge in [-0.1, -0.05) is 41.6 Å². The van der Waals surface area contributed by atoms with Crippen LogP contribution < -0.4 is 9.64 Å². The van der Waals surface area contributed by atoms with E-state index in [0.29, 0.717) is 16.5 Å². The Hall–Kier alpha value is -2.32. The van der Waals surface area contributed by atoms with Crippen molar-refractivity contribution in [3.63, 3.8) is 0 Å². The van der Waals surface area contributed by atoms with E-state index in [0.717, 1.165) is 11.3 Å². The van der Waals surface area contributed by atoms with E-state index < -0.39 is 15.7 Å². The molecule has 28 heavy (non-hydrogen) atoms. The SMILES string of the molecule is COc1ccccc1C(=O)N=C1S[C@H]2CS(=O)(=O)C[C@@H]2N1c1ccc(C)cc1. The van der Waals surface area contributed by atoms with Crippen LogP contribution in [-0.2, 0) is 9.84 Å². The second-order valence-electron chi connectivity index (χ2n) is 6.91. The number of aryl methyl sites for hydroxylation is 1. The maximum absolute atomic E-state index is 12.8. The van der Waals surface area contributed by atoms with Crippen molar-refractivity contribution in [1.29, 1.82) is 0 Å². The zero-order valence-electron chi connectivity index (χ0n) is 15.5. The Balaban J connectivity index is 1.73. The highest BCUT2D eigenvalue weighted by Gasteiger charge is 2.49. The number of ether oxygens (including phenoxy) is 1. The Kier molecular flexibility index (Phi) is 4.93. The van der Waals surface area contributed by atoms with E-state index in [1.807, 2.05) is 36.1 Å². The predicted molar refractivity (Wildman–Crippen MR) is 112 cm³/mol. The molecule has 2 aliphatic rings. The van der Waals surface area contributed by atoms with Gasteiger partial charge in [-0.25, -0.2) is 8.42 Å². The number of aliphatic imine (C=N–C) groups is 1. The van der Waals surface area contributed by atoms with E-state index >= 15 is 0 Å². The molecule has 2 atom stereocenters. The first kappa shape index (κ1) is 19.0. The smallest absolute Gasteiger partial charge is 0.283 e. The van der Waals surface area contributed by atoms with E-state index in [2.05, 4.69) is 4.99 Å². The van der Waals surface area contributed by atoms with Gasteiger partial charge in [0, 0.05) is 10.9 Å². The number of nitrogens with zero attached hydrogens (tertiary/aromatic N) is 2. The van der Waals surface area contributed by atoms with Crippen molar-refractivity contribution in [2.45, 2.75) is 18.2 Å². The number of carbonyl (C=O) groups excluding carboxylic acids is 1. The Morgan fingerprint density at radius 3 is 2.57 bits per heavy atom. The second-order valence-corrected chi connectivity index (χ2v) is 10.3. The summed E-state index contributed by atoms with van der Waals surface area (Å²) >= 11 is 1.36. The van der Waals surface area contributed by atoms with Gasteiger partial charge in [0.25, 0.3) is 5.91 Å². The molecule has 2 saturated heterocycles. The van der Waals surface area contributed by atoms with Crippen LogP contribution in [0.4, 0.5) is 5.69 Å². The molecule has 4 rings (SSSR count). The molecular formula is C20H20N2O4S2. The first-order valence-corrected chi connectivity index (χ1v) is 11.6. The highest BCUT2D eigenvalue weighted by atomic mass is 32.2. The summed E-state index contributed by atoms with van der Waals surface area (Å²) in [5, 5.41) is 0.403. The number of carbonyl (C=O) groups is 1. The Morgan fingerprint density at radius 2 is 1.86 bits per heavy atom. The maximum atomic E-state index is 12.8. The Labute approximate surface area is 168 Å². The van der Waals surface area contributed by atoms with Crippen molar-refractivity contribution >= 4 is 38.4 Å². The van der Waals surface area contributed by atoms with Crippen LogP contribution in [-0.4, -0.2) is 49.4 Å². The van der Waals surface area contributed by atoms with Crippen molar-refractivity contribution in [1.82, 2.24) is 0 Å². The van der Waals surface area contributed by atoms with Crippen LogP contribution in [0.15, 0.2) is 53.5 Å². The number of rotatable bonds is 3. The third-order valence-corrected chi connectivity index (χ3v) is 8.12. The molecule has 1 amide bonds. The van der Waals surface area contributed by atoms with Gasteiger partial charge in [0.05, 0.1) is 30.2 Å². The molecule has 0 spiro atoms. The van der Waals surface area contributed by atoms with Crippen molar-refractivity contribution in [3.05, 3.63) is 59.7 Å². The summed E-state index contributed by atoms with van der Waals surface area (Å²) in [6, 6.07) is 14.5. The Bertz CT molecular complexity index is 1050. The normalized spacial score (nSPS) is 24.4. The van der Waals surface area contributed by atoms with Crippen molar-refractivity contribution < 1.29 is 17.9 Å². The number of thioether (sulfide) groups is 1. The molecule has 0 unspecified atom stereocenters. The molecule has 2 aromatic rings. The molecule has 8 heteroatoms. The summed E-state index contributed by atoms with van der Waals surface area (Å²) < 4.78 is 29.6. The third-order valence-electron chi connectivity index (χ3n) is 4.91. The van der Waals surface area contributed by atoms with E-state index in [1.165, 1.54) is 18.9 Å². The van der Waals surface area contributed by atoms with Crippen LogP contribution in [0.5, 0.6) is 5.75 Å². The molecule has 6 nitrogen and oxygen atoms in total. The monoisotopic (exact) mass is 416 g/mol. The minimum atomic E-state index is -3.09. The quantitative estimate of drug-likeness (QED) is 0.766. The van der Waals surface area contributed by atoms with Crippen LogP contribution in [0.25, 0.3) is 0 Å². The molecule has 0 aliphatic carbocycles. The molecule has 146 valence electrons. The summed E-state index contributed by atoms with van der Waals surface area (Å²) in [5.74, 6) is 0.233. The molecule has 0 N–H and O–H groups in total. The average molecular weight is 417 g/mol. The molecule has 2 fully saturated rings. The van der Waals surface area contributed by atoms with E-state index in [1.54, 1.807) is 24.3 Å². The lowest BCUT2D eigenvalue weighted by Crippen LogP contribution is -2.37. The predicted octanol–water partition coefficient (Wildman–Crippen LogP) is 2.92. The molecule has 2 heterocycles. The fourth-order valence-corrected chi connectivity index (χ4v) is 7.45. The van der Waals surface area contributed by atoms with Gasteiger partial charge in [-0.15, -0.1) is 0 Å². The Morgan fingerprint density at radius 1 is 1.14 bits per heavy atom. The topological polar surface area (TPSA) is 76.0 Å². The minimum absolute atomic E-state index is 0.0699. The van der Waals surface area contributed by atoms with Crippen LogP contribution in [0, 0.1) is 6.92 Å². The van der Waals surface area contributed by atoms with Gasteiger partial charge < -0.3 is 9.64 Å². The molecule has 0 saturated carbocycles. The van der Waals surface area contributed by atoms with Crippen molar-refractivity contribution in [2.75, 3.05) is 23.5 Å². The zero-order valence-corrected chi connectivity index (χ0v) is 17.2. The van der Waals surface area contributed by atoms with Crippen LogP contribution in [0.2, 0.25) is 0 Å². The number of amidine groups is 1.